The van der Waals surface area contributed by atoms with Crippen LogP contribution >= 0.6 is 0 Å². The zero-order valence-corrected chi connectivity index (χ0v) is 21.1. The van der Waals surface area contributed by atoms with Gasteiger partial charge in [0, 0.05) is 38.4 Å². The Morgan fingerprint density at radius 3 is 2.43 bits per heavy atom. The summed E-state index contributed by atoms with van der Waals surface area (Å²) in [5, 5.41) is 6.13. The minimum absolute atomic E-state index is 0.0124. The lowest BCUT2D eigenvalue weighted by molar-refractivity contribution is -0.138. The number of Topliss-reactive ketones (excluding diaryl/α,β-unsaturated/α-hetero) is 1. The number of amides is 3. The molecule has 190 valence electrons. The van der Waals surface area contributed by atoms with Crippen molar-refractivity contribution in [2.24, 2.45) is 11.8 Å². The number of fused-ring (bicyclic) bond motifs is 1. The third-order valence-electron chi connectivity index (χ3n) is 7.35. The maximum absolute atomic E-state index is 13.7. The highest BCUT2D eigenvalue weighted by atomic mass is 16.2. The van der Waals surface area contributed by atoms with E-state index in [4.69, 9.17) is 0 Å². The van der Waals surface area contributed by atoms with Crippen molar-refractivity contribution in [3.63, 3.8) is 0 Å². The van der Waals surface area contributed by atoms with E-state index < -0.39 is 12.1 Å². The monoisotopic (exact) mass is 483 g/mol. The van der Waals surface area contributed by atoms with E-state index in [1.807, 2.05) is 45.0 Å². The van der Waals surface area contributed by atoms with Crippen LogP contribution in [-0.4, -0.2) is 91.7 Å². The molecule has 3 aliphatic rings. The van der Waals surface area contributed by atoms with Gasteiger partial charge >= 0.3 is 0 Å². The maximum Gasteiger partial charge on any atom is 0.251 e. The minimum Gasteiger partial charge on any atom is -0.378 e. The van der Waals surface area contributed by atoms with Crippen LogP contribution < -0.4 is 15.5 Å². The molecule has 3 amide bonds. The summed E-state index contributed by atoms with van der Waals surface area (Å²) in [4.78, 5) is 57.9. The van der Waals surface area contributed by atoms with Crippen molar-refractivity contribution in [2.75, 3.05) is 45.2 Å². The van der Waals surface area contributed by atoms with Crippen LogP contribution in [0.2, 0.25) is 0 Å². The molecular formula is C26H37N5O4. The van der Waals surface area contributed by atoms with Gasteiger partial charge in [-0.15, -0.1) is 0 Å². The third-order valence-corrected chi connectivity index (χ3v) is 7.35. The Morgan fingerprint density at radius 2 is 1.83 bits per heavy atom. The molecule has 35 heavy (non-hydrogen) atoms. The van der Waals surface area contributed by atoms with E-state index in [2.05, 4.69) is 10.6 Å². The van der Waals surface area contributed by atoms with Crippen LogP contribution in [0.5, 0.6) is 0 Å². The fourth-order valence-corrected chi connectivity index (χ4v) is 5.50. The molecule has 0 bridgehead atoms. The van der Waals surface area contributed by atoms with Crippen molar-refractivity contribution < 1.29 is 19.2 Å². The first-order valence-corrected chi connectivity index (χ1v) is 12.6. The quantitative estimate of drug-likeness (QED) is 0.597. The van der Waals surface area contributed by atoms with Gasteiger partial charge in [0.1, 0.15) is 12.1 Å². The number of hydrogen-bond acceptors (Lipinski definition) is 6. The number of carbonyl (C=O) groups excluding carboxylic acids is 4. The summed E-state index contributed by atoms with van der Waals surface area (Å²) in [5.74, 6) is -0.556. The van der Waals surface area contributed by atoms with E-state index in [9.17, 15) is 19.2 Å². The number of carbonyl (C=O) groups is 4. The van der Waals surface area contributed by atoms with Gasteiger partial charge in [-0.25, -0.2) is 0 Å². The van der Waals surface area contributed by atoms with E-state index in [1.54, 1.807) is 21.9 Å². The van der Waals surface area contributed by atoms with Gasteiger partial charge in [0.2, 0.25) is 11.8 Å². The first kappa shape index (κ1) is 25.2. The Bertz CT molecular complexity index is 970. The molecule has 3 aliphatic heterocycles. The normalized spacial score (nSPS) is 24.6. The van der Waals surface area contributed by atoms with E-state index >= 15 is 0 Å². The van der Waals surface area contributed by atoms with Gasteiger partial charge in [-0.2, -0.15) is 0 Å². The molecule has 2 N–H and O–H groups in total. The zero-order chi connectivity index (χ0) is 25.3. The molecule has 1 aromatic rings. The average Bonchev–Trinajstić information content (AvgIpc) is 3.56. The van der Waals surface area contributed by atoms with E-state index in [0.29, 0.717) is 31.5 Å². The third kappa shape index (κ3) is 5.19. The van der Waals surface area contributed by atoms with Crippen molar-refractivity contribution in [1.82, 2.24) is 20.4 Å². The van der Waals surface area contributed by atoms with Gasteiger partial charge in [0.05, 0.1) is 18.5 Å². The number of benzene rings is 1. The maximum atomic E-state index is 13.7. The molecule has 1 unspecified atom stereocenters. The predicted octanol–water partition coefficient (Wildman–Crippen LogP) is 0.887. The molecule has 0 radical (unpaired) electrons. The first-order valence-electron chi connectivity index (χ1n) is 12.6. The summed E-state index contributed by atoms with van der Waals surface area (Å²) < 4.78 is 0. The Kier molecular flexibility index (Phi) is 7.44. The zero-order valence-electron chi connectivity index (χ0n) is 21.1. The lowest BCUT2D eigenvalue weighted by Crippen LogP contribution is -2.53. The van der Waals surface area contributed by atoms with Crippen LogP contribution in [0.25, 0.3) is 0 Å². The summed E-state index contributed by atoms with van der Waals surface area (Å²) in [6.45, 7) is 5.93. The average molecular weight is 484 g/mol. The van der Waals surface area contributed by atoms with Crippen LogP contribution in [0.1, 0.15) is 43.5 Å². The molecule has 3 heterocycles. The molecule has 0 saturated carbocycles. The molecule has 1 aromatic carbocycles. The molecule has 4 atom stereocenters. The molecule has 9 nitrogen and oxygen atoms in total. The number of nitrogens with one attached hydrogen (secondary N) is 2. The highest BCUT2D eigenvalue weighted by Gasteiger charge is 2.53. The highest BCUT2D eigenvalue weighted by Crippen LogP contribution is 2.32. The van der Waals surface area contributed by atoms with Crippen LogP contribution in [0.15, 0.2) is 24.3 Å². The van der Waals surface area contributed by atoms with Gasteiger partial charge in [0.15, 0.2) is 5.78 Å². The standard InChI is InChI=1S/C26H37N5O4/c1-16(2)13-20(28-24(33)17-5-7-19(8-6-17)29(3)4)26(35)30-12-10-21-23(30)22(32)15-31(21)25(34)18-9-11-27-14-18/h5-8,16,18,20-21,23,27H,9-15H2,1-4H3,(H,28,33)/t18?,20-,21+,23-/m0/s1. The molecule has 0 aromatic heterocycles. The van der Waals surface area contributed by atoms with Crippen LogP contribution in [0.3, 0.4) is 0 Å². The molecule has 4 rings (SSSR count). The first-order chi connectivity index (χ1) is 16.7. The molecule has 0 aliphatic carbocycles. The Morgan fingerprint density at radius 1 is 1.11 bits per heavy atom. The Balaban J connectivity index is 1.47. The highest BCUT2D eigenvalue weighted by molar-refractivity contribution is 6.01. The van der Waals surface area contributed by atoms with E-state index in [-0.39, 0.29) is 47.9 Å². The van der Waals surface area contributed by atoms with Gasteiger partial charge in [-0.1, -0.05) is 13.8 Å². The van der Waals surface area contributed by atoms with Crippen LogP contribution in [-0.2, 0) is 14.4 Å². The van der Waals surface area contributed by atoms with Crippen molar-refractivity contribution >= 4 is 29.2 Å². The van der Waals surface area contributed by atoms with Crippen molar-refractivity contribution in [1.29, 1.82) is 0 Å². The second kappa shape index (κ2) is 10.4. The van der Waals surface area contributed by atoms with Crippen LogP contribution in [0.4, 0.5) is 5.69 Å². The second-order valence-corrected chi connectivity index (χ2v) is 10.6. The number of rotatable bonds is 7. The summed E-state index contributed by atoms with van der Waals surface area (Å²) in [5.41, 5.74) is 1.46. The number of likely N-dealkylation sites (tertiary alicyclic amines) is 2. The van der Waals surface area contributed by atoms with Gasteiger partial charge < -0.3 is 25.3 Å². The van der Waals surface area contributed by atoms with Crippen molar-refractivity contribution in [3.05, 3.63) is 29.8 Å². The summed E-state index contributed by atoms with van der Waals surface area (Å²) in [7, 11) is 3.86. The number of hydrogen-bond donors (Lipinski definition) is 2. The summed E-state index contributed by atoms with van der Waals surface area (Å²) in [6.07, 6.45) is 1.84. The van der Waals surface area contributed by atoms with Crippen LogP contribution in [0, 0.1) is 11.8 Å². The topological polar surface area (TPSA) is 102 Å². The van der Waals surface area contributed by atoms with E-state index in [0.717, 1.165) is 18.7 Å². The second-order valence-electron chi connectivity index (χ2n) is 10.6. The van der Waals surface area contributed by atoms with Crippen molar-refractivity contribution in [2.45, 2.75) is 51.2 Å². The molecule has 3 saturated heterocycles. The van der Waals surface area contributed by atoms with E-state index in [1.165, 1.54) is 0 Å². The van der Waals surface area contributed by atoms with Gasteiger partial charge in [-0.05, 0) is 56.0 Å². The summed E-state index contributed by atoms with van der Waals surface area (Å²) >= 11 is 0. The van der Waals surface area contributed by atoms with Crippen molar-refractivity contribution in [3.8, 4) is 0 Å². The smallest absolute Gasteiger partial charge is 0.251 e. The molecule has 0 spiro atoms. The largest absolute Gasteiger partial charge is 0.378 e. The minimum atomic E-state index is -0.730. The number of nitrogens with zero attached hydrogens (tertiary/aromatic N) is 3. The lowest BCUT2D eigenvalue weighted by atomic mass is 10.0. The fourth-order valence-electron chi connectivity index (χ4n) is 5.50. The molecular weight excluding hydrogens is 446 g/mol. The number of ketones is 1. The molecule has 3 fully saturated rings. The SMILES string of the molecule is CC(C)C[C@H](NC(=O)c1ccc(N(C)C)cc1)C(=O)N1CC[C@@H]2[C@H]1C(=O)CN2C(=O)C1CCNC1. The van der Waals surface area contributed by atoms with Gasteiger partial charge in [-0.3, -0.25) is 19.2 Å². The predicted molar refractivity (Wildman–Crippen MR) is 133 cm³/mol. The lowest BCUT2D eigenvalue weighted by Gasteiger charge is -2.29. The summed E-state index contributed by atoms with van der Waals surface area (Å²) in [6, 6.07) is 5.60. The van der Waals surface area contributed by atoms with Gasteiger partial charge in [0.25, 0.3) is 5.91 Å². The Hall–Kier alpha value is -2.94. The Labute approximate surface area is 207 Å². The molecule has 9 heteroatoms. The number of anilines is 1. The fraction of sp³-hybridized carbons (Fsp3) is 0.615.